The Kier molecular flexibility index (Phi) is 2060. The molecular formula is H4O4Ti3. The molecule has 0 saturated heterocycles. The topological polar surface area (TPSA) is 120 Å². The van der Waals surface area contributed by atoms with E-state index in [9.17, 15) is 0 Å². The van der Waals surface area contributed by atoms with E-state index < -0.39 is 0 Å². The third-order valence-electron chi connectivity index (χ3n) is 0. The molecule has 0 atom stereocenters. The summed E-state index contributed by atoms with van der Waals surface area (Å²) in [6, 6.07) is 0. The fraction of sp³-hybridized carbons (Fsp3) is 0. The van der Waals surface area contributed by atoms with Crippen LogP contribution in [0.25, 0.3) is 0 Å². The Morgan fingerprint density at radius 3 is 0.429 bits per heavy atom. The minimum absolute atomic E-state index is 0. The van der Waals surface area contributed by atoms with Gasteiger partial charge in [0, 0.05) is 21.7 Å². The maximum Gasteiger partial charge on any atom is 2.00 e. The molecule has 40 valence electrons. The molecule has 0 aromatic carbocycles. The molecule has 7 heteroatoms. The van der Waals surface area contributed by atoms with Gasteiger partial charge in [-0.2, -0.15) is 0 Å². The smallest absolute Gasteiger partial charge is 0.870 e. The van der Waals surface area contributed by atoms with Crippen LogP contribution in [0, 0.1) is 0 Å². The molecule has 0 aromatic rings. The van der Waals surface area contributed by atoms with Gasteiger partial charge in [-0.15, -0.1) is 0 Å². The Labute approximate surface area is 86.3 Å². The van der Waals surface area contributed by atoms with Gasteiger partial charge in [0.25, 0.3) is 0 Å². The normalized spacial score (nSPS) is 0. The maximum absolute atomic E-state index is 0. The van der Waals surface area contributed by atoms with E-state index in [0.29, 0.717) is 0 Å². The van der Waals surface area contributed by atoms with Gasteiger partial charge >= 0.3 is 43.4 Å². The molecule has 7 heavy (non-hydrogen) atoms. The maximum atomic E-state index is 0. The largest absolute Gasteiger partial charge is 2.00 e. The molecular weight excluding hydrogens is 208 g/mol. The molecule has 0 bridgehead atoms. The molecule has 0 aliphatic carbocycles. The molecule has 0 unspecified atom stereocenters. The van der Waals surface area contributed by atoms with E-state index in [1.165, 1.54) is 0 Å². The summed E-state index contributed by atoms with van der Waals surface area (Å²) in [6.45, 7) is 0. The summed E-state index contributed by atoms with van der Waals surface area (Å²) < 4.78 is 0. The van der Waals surface area contributed by atoms with Crippen LogP contribution in [0.15, 0.2) is 0 Å². The fourth-order valence-corrected chi connectivity index (χ4v) is 0. The second-order valence-electron chi connectivity index (χ2n) is 0. The minimum atomic E-state index is 0. The van der Waals surface area contributed by atoms with E-state index in [-0.39, 0.29) is 87.1 Å². The standard InChI is InChI=1S/4H2O.3Ti/h4*1H2;;;/q;;;;;2*+2/p-4. The molecule has 0 radical (unpaired) electrons. The van der Waals surface area contributed by atoms with Crippen molar-refractivity contribution in [1.82, 2.24) is 0 Å². The SMILES string of the molecule is [OH-].[OH-].[OH-].[OH-].[Ti+2].[Ti+2].[Ti]. The fourth-order valence-electron chi connectivity index (χ4n) is 0. The van der Waals surface area contributed by atoms with Gasteiger partial charge in [0.2, 0.25) is 0 Å². The van der Waals surface area contributed by atoms with Crippen molar-refractivity contribution in [2.24, 2.45) is 0 Å². The van der Waals surface area contributed by atoms with E-state index in [1.807, 2.05) is 0 Å². The molecule has 0 fully saturated rings. The Hall–Kier alpha value is 1.98. The van der Waals surface area contributed by atoms with Crippen LogP contribution in [0.3, 0.4) is 0 Å². The van der Waals surface area contributed by atoms with Gasteiger partial charge in [0.1, 0.15) is 0 Å². The molecule has 0 aromatic heterocycles. The minimum Gasteiger partial charge on any atom is -0.870 e. The van der Waals surface area contributed by atoms with E-state index in [0.717, 1.165) is 0 Å². The molecule has 0 spiro atoms. The Morgan fingerprint density at radius 1 is 0.429 bits per heavy atom. The van der Waals surface area contributed by atoms with Crippen LogP contribution < -0.4 is 0 Å². The number of hydrogen-bond acceptors (Lipinski definition) is 4. The first-order valence-electron chi connectivity index (χ1n) is 0. The Balaban J connectivity index is 0. The van der Waals surface area contributed by atoms with Crippen molar-refractivity contribution < 1.29 is 87.1 Å². The monoisotopic (exact) mass is 212 g/mol. The van der Waals surface area contributed by atoms with Crippen LogP contribution in [0.4, 0.5) is 0 Å². The van der Waals surface area contributed by atoms with Crippen LogP contribution >= 0.6 is 0 Å². The van der Waals surface area contributed by atoms with Crippen molar-refractivity contribution in [2.45, 2.75) is 0 Å². The average Bonchev–Trinajstić information content (AvgIpc) is 0. The summed E-state index contributed by atoms with van der Waals surface area (Å²) in [5, 5.41) is 0. The molecule has 0 aliphatic heterocycles. The first-order valence-corrected chi connectivity index (χ1v) is 0. The molecule has 4 nitrogen and oxygen atoms in total. The summed E-state index contributed by atoms with van der Waals surface area (Å²) in [5.74, 6) is 0. The predicted octanol–water partition coefficient (Wildman–Crippen LogP) is -0.715. The van der Waals surface area contributed by atoms with Crippen LogP contribution in [0.1, 0.15) is 0 Å². The number of rotatable bonds is 0. The van der Waals surface area contributed by atoms with Crippen LogP contribution in [0.2, 0.25) is 0 Å². The summed E-state index contributed by atoms with van der Waals surface area (Å²) in [7, 11) is 0. The van der Waals surface area contributed by atoms with Gasteiger partial charge < -0.3 is 21.9 Å². The van der Waals surface area contributed by atoms with Crippen molar-refractivity contribution in [3.63, 3.8) is 0 Å². The van der Waals surface area contributed by atoms with Crippen molar-refractivity contribution >= 4 is 0 Å². The van der Waals surface area contributed by atoms with E-state index in [1.54, 1.807) is 0 Å². The second kappa shape index (κ2) is 99.0. The van der Waals surface area contributed by atoms with E-state index >= 15 is 0 Å². The van der Waals surface area contributed by atoms with Gasteiger partial charge in [-0.25, -0.2) is 0 Å². The molecule has 0 saturated carbocycles. The zero-order chi connectivity index (χ0) is 0. The Morgan fingerprint density at radius 2 is 0.429 bits per heavy atom. The predicted molar refractivity (Wildman–Crippen MR) is 7.74 cm³/mol. The third-order valence-corrected chi connectivity index (χ3v) is 0. The van der Waals surface area contributed by atoms with Gasteiger partial charge in [-0.1, -0.05) is 0 Å². The van der Waals surface area contributed by atoms with Crippen LogP contribution in [-0.2, 0) is 65.2 Å². The van der Waals surface area contributed by atoms with Crippen LogP contribution in [-0.4, -0.2) is 21.9 Å². The Bertz CT molecular complexity index is 6.90. The van der Waals surface area contributed by atoms with Gasteiger partial charge in [-0.3, -0.25) is 0 Å². The second-order valence-corrected chi connectivity index (χ2v) is 0. The van der Waals surface area contributed by atoms with Crippen LogP contribution in [0.5, 0.6) is 0 Å². The first kappa shape index (κ1) is 146. The number of hydrogen-bond donors (Lipinski definition) is 0. The summed E-state index contributed by atoms with van der Waals surface area (Å²) >= 11 is 0. The third kappa shape index (κ3) is 72.7. The quantitative estimate of drug-likeness (QED) is 0.491. The van der Waals surface area contributed by atoms with Gasteiger partial charge in [-0.05, 0) is 0 Å². The summed E-state index contributed by atoms with van der Waals surface area (Å²) in [4.78, 5) is 0. The average molecular weight is 212 g/mol. The van der Waals surface area contributed by atoms with Gasteiger partial charge in [0.15, 0.2) is 0 Å². The molecule has 0 amide bonds. The zero-order valence-corrected chi connectivity index (χ0v) is 7.97. The molecule has 0 aliphatic rings. The zero-order valence-electron chi connectivity index (χ0n) is 3.29. The van der Waals surface area contributed by atoms with Crippen molar-refractivity contribution in [2.75, 3.05) is 0 Å². The molecule has 4 N–H and O–H groups in total. The van der Waals surface area contributed by atoms with E-state index in [2.05, 4.69) is 0 Å². The van der Waals surface area contributed by atoms with Gasteiger partial charge in [0.05, 0.1) is 0 Å². The van der Waals surface area contributed by atoms with Crippen molar-refractivity contribution in [3.05, 3.63) is 0 Å². The van der Waals surface area contributed by atoms with Crippen molar-refractivity contribution in [1.29, 1.82) is 0 Å². The molecule has 0 heterocycles. The molecule has 0 rings (SSSR count). The first-order chi connectivity index (χ1) is 0. The summed E-state index contributed by atoms with van der Waals surface area (Å²) in [6.07, 6.45) is 0. The van der Waals surface area contributed by atoms with E-state index in [4.69, 9.17) is 0 Å². The summed E-state index contributed by atoms with van der Waals surface area (Å²) in [5.41, 5.74) is 0. The van der Waals surface area contributed by atoms with Crippen molar-refractivity contribution in [3.8, 4) is 0 Å².